The third-order valence-corrected chi connectivity index (χ3v) is 6.61. The maximum absolute atomic E-state index is 13.1. The van der Waals surface area contributed by atoms with Gasteiger partial charge in [-0.15, -0.1) is 0 Å². The summed E-state index contributed by atoms with van der Waals surface area (Å²) in [5, 5.41) is 2.76. The molecule has 0 aliphatic carbocycles. The van der Waals surface area contributed by atoms with Gasteiger partial charge in [-0.2, -0.15) is 0 Å². The Morgan fingerprint density at radius 1 is 1.25 bits per heavy atom. The Labute approximate surface area is 166 Å². The van der Waals surface area contributed by atoms with Crippen molar-refractivity contribution in [2.45, 2.75) is 45.1 Å². The number of rotatable bonds is 3. The number of piperidine rings is 1. The van der Waals surface area contributed by atoms with E-state index in [1.165, 1.54) is 0 Å². The number of benzene rings is 1. The largest absolute Gasteiger partial charge is 0.355 e. The van der Waals surface area contributed by atoms with E-state index in [9.17, 15) is 14.4 Å². The zero-order chi connectivity index (χ0) is 19.8. The maximum atomic E-state index is 13.1. The fraction of sp³-hybridized carbons (Fsp3) is 0.591. The van der Waals surface area contributed by atoms with E-state index in [2.05, 4.69) is 11.4 Å². The highest BCUT2D eigenvalue weighted by Crippen LogP contribution is 2.34. The average molecular weight is 383 g/mol. The molecule has 3 saturated heterocycles. The molecule has 0 spiro atoms. The zero-order valence-corrected chi connectivity index (χ0v) is 16.7. The molecule has 150 valence electrons. The van der Waals surface area contributed by atoms with E-state index >= 15 is 0 Å². The third kappa shape index (κ3) is 3.52. The second-order valence-corrected chi connectivity index (χ2v) is 8.59. The number of nitrogens with zero attached hydrogens (tertiary/aromatic N) is 2. The fourth-order valence-electron chi connectivity index (χ4n) is 5.00. The van der Waals surface area contributed by atoms with Gasteiger partial charge >= 0.3 is 0 Å². The number of carbonyl (C=O) groups excluding carboxylic acids is 3. The molecule has 1 N–H and O–H groups in total. The molecule has 28 heavy (non-hydrogen) atoms. The Morgan fingerprint density at radius 2 is 2.07 bits per heavy atom. The van der Waals surface area contributed by atoms with Crippen LogP contribution in [0.1, 0.15) is 43.2 Å². The van der Waals surface area contributed by atoms with E-state index in [0.717, 1.165) is 37.1 Å². The van der Waals surface area contributed by atoms with Crippen molar-refractivity contribution in [1.82, 2.24) is 15.1 Å². The van der Waals surface area contributed by atoms with Crippen LogP contribution in [0.2, 0.25) is 0 Å². The van der Waals surface area contributed by atoms with Gasteiger partial charge in [-0.25, -0.2) is 0 Å². The lowest BCUT2D eigenvalue weighted by Gasteiger charge is -2.38. The van der Waals surface area contributed by atoms with Gasteiger partial charge in [-0.3, -0.25) is 14.4 Å². The molecule has 3 aliphatic heterocycles. The average Bonchev–Trinajstić information content (AvgIpc) is 3.32. The first kappa shape index (κ1) is 19.0. The molecular formula is C22H29N3O3. The van der Waals surface area contributed by atoms with Crippen LogP contribution < -0.4 is 5.32 Å². The molecule has 4 rings (SSSR count). The Bertz CT molecular complexity index is 793. The van der Waals surface area contributed by atoms with Crippen molar-refractivity contribution in [3.63, 3.8) is 0 Å². The molecule has 6 heteroatoms. The van der Waals surface area contributed by atoms with Gasteiger partial charge in [0, 0.05) is 32.6 Å². The molecular weight excluding hydrogens is 354 g/mol. The van der Waals surface area contributed by atoms with Crippen molar-refractivity contribution in [2.75, 3.05) is 26.2 Å². The van der Waals surface area contributed by atoms with Crippen LogP contribution in [-0.4, -0.2) is 59.7 Å². The number of carbonyl (C=O) groups is 3. The minimum Gasteiger partial charge on any atom is -0.355 e. The van der Waals surface area contributed by atoms with Crippen molar-refractivity contribution >= 4 is 17.7 Å². The van der Waals surface area contributed by atoms with Crippen LogP contribution in [0.4, 0.5) is 0 Å². The summed E-state index contributed by atoms with van der Waals surface area (Å²) in [7, 11) is 0. The van der Waals surface area contributed by atoms with Gasteiger partial charge in [-0.05, 0) is 38.2 Å². The minimum absolute atomic E-state index is 0.0397. The monoisotopic (exact) mass is 383 g/mol. The Hall–Kier alpha value is -2.37. The summed E-state index contributed by atoms with van der Waals surface area (Å²) in [6.45, 7) is 6.53. The first-order valence-corrected chi connectivity index (χ1v) is 10.4. The van der Waals surface area contributed by atoms with Gasteiger partial charge in [-0.1, -0.05) is 29.8 Å². The molecule has 1 aromatic rings. The minimum atomic E-state index is -0.248. The van der Waals surface area contributed by atoms with Gasteiger partial charge in [0.25, 0.3) is 0 Å². The summed E-state index contributed by atoms with van der Waals surface area (Å²) < 4.78 is 0. The molecule has 0 aromatic heterocycles. The number of likely N-dealkylation sites (tertiary alicyclic amines) is 2. The van der Waals surface area contributed by atoms with E-state index in [1.54, 1.807) is 0 Å². The molecule has 6 nitrogen and oxygen atoms in total. The van der Waals surface area contributed by atoms with Gasteiger partial charge < -0.3 is 15.1 Å². The highest BCUT2D eigenvalue weighted by atomic mass is 16.2. The third-order valence-electron chi connectivity index (χ3n) is 6.61. The molecule has 0 saturated carbocycles. The second-order valence-electron chi connectivity index (χ2n) is 8.59. The Kier molecular flexibility index (Phi) is 5.13. The van der Waals surface area contributed by atoms with Crippen LogP contribution in [0.5, 0.6) is 0 Å². The van der Waals surface area contributed by atoms with Crippen LogP contribution >= 0.6 is 0 Å². The predicted molar refractivity (Wildman–Crippen MR) is 106 cm³/mol. The fourth-order valence-corrected chi connectivity index (χ4v) is 5.00. The Morgan fingerprint density at radius 3 is 2.79 bits per heavy atom. The zero-order valence-electron chi connectivity index (χ0n) is 16.7. The first-order chi connectivity index (χ1) is 13.4. The summed E-state index contributed by atoms with van der Waals surface area (Å²) in [6.07, 6.45) is 2.31. The van der Waals surface area contributed by atoms with E-state index in [1.807, 2.05) is 41.8 Å². The summed E-state index contributed by atoms with van der Waals surface area (Å²) in [6, 6.07) is 8.21. The number of amides is 3. The number of nitrogens with one attached hydrogen (secondary N) is 1. The van der Waals surface area contributed by atoms with Crippen LogP contribution in [-0.2, 0) is 14.4 Å². The van der Waals surface area contributed by atoms with Crippen LogP contribution in [0.3, 0.4) is 0 Å². The molecule has 3 aliphatic rings. The lowest BCUT2D eigenvalue weighted by molar-refractivity contribution is -0.140. The van der Waals surface area contributed by atoms with E-state index in [0.29, 0.717) is 25.4 Å². The van der Waals surface area contributed by atoms with E-state index in [4.69, 9.17) is 0 Å². The van der Waals surface area contributed by atoms with Gasteiger partial charge in [0.05, 0.1) is 17.9 Å². The van der Waals surface area contributed by atoms with Crippen molar-refractivity contribution in [1.29, 1.82) is 0 Å². The molecule has 3 amide bonds. The summed E-state index contributed by atoms with van der Waals surface area (Å²) in [5.74, 6) is 0.0980. The SMILES string of the molecule is Cc1cccc(C(C)C(=O)N2C[C@@H]3CCCN(C(=O)[C@@H]4CNC(=O)C4)[C@@H]3C2)c1. The second kappa shape index (κ2) is 7.57. The van der Waals surface area contributed by atoms with Crippen LogP contribution in [0, 0.1) is 18.8 Å². The molecule has 3 fully saturated rings. The number of hydrogen-bond acceptors (Lipinski definition) is 3. The predicted octanol–water partition coefficient (Wildman–Crippen LogP) is 1.68. The Balaban J connectivity index is 1.45. The molecule has 1 unspecified atom stereocenters. The molecule has 0 bridgehead atoms. The van der Waals surface area contributed by atoms with Gasteiger partial charge in [0.2, 0.25) is 17.7 Å². The molecule has 1 aromatic carbocycles. The first-order valence-electron chi connectivity index (χ1n) is 10.4. The molecule has 4 atom stereocenters. The maximum Gasteiger partial charge on any atom is 0.229 e. The summed E-state index contributed by atoms with van der Waals surface area (Å²) in [4.78, 5) is 41.6. The van der Waals surface area contributed by atoms with Crippen LogP contribution in [0.25, 0.3) is 0 Å². The van der Waals surface area contributed by atoms with Gasteiger partial charge in [0.15, 0.2) is 0 Å². The van der Waals surface area contributed by atoms with E-state index < -0.39 is 0 Å². The molecule has 3 heterocycles. The normalized spacial score (nSPS) is 28.1. The van der Waals surface area contributed by atoms with Crippen molar-refractivity contribution in [2.24, 2.45) is 11.8 Å². The summed E-state index contributed by atoms with van der Waals surface area (Å²) in [5.41, 5.74) is 2.20. The quantitative estimate of drug-likeness (QED) is 0.863. The smallest absolute Gasteiger partial charge is 0.229 e. The standard InChI is InChI=1S/C22H29N3O3/c1-14-5-3-6-16(9-14)15(2)21(27)24-12-17-7-4-8-25(19(17)13-24)22(28)18-10-20(26)23-11-18/h3,5-6,9,15,17-19H,4,7-8,10-13H2,1-2H3,(H,23,26)/t15?,17-,18-,19+/m0/s1. The van der Waals surface area contributed by atoms with Crippen molar-refractivity contribution in [3.05, 3.63) is 35.4 Å². The van der Waals surface area contributed by atoms with Crippen LogP contribution in [0.15, 0.2) is 24.3 Å². The highest BCUT2D eigenvalue weighted by molar-refractivity contribution is 5.89. The highest BCUT2D eigenvalue weighted by Gasteiger charge is 2.45. The van der Waals surface area contributed by atoms with E-state index in [-0.39, 0.29) is 35.6 Å². The van der Waals surface area contributed by atoms with Crippen molar-refractivity contribution in [3.8, 4) is 0 Å². The lowest BCUT2D eigenvalue weighted by atomic mass is 9.90. The lowest BCUT2D eigenvalue weighted by Crippen LogP contribution is -2.51. The topological polar surface area (TPSA) is 69.7 Å². The molecule has 0 radical (unpaired) electrons. The van der Waals surface area contributed by atoms with Crippen molar-refractivity contribution < 1.29 is 14.4 Å². The number of fused-ring (bicyclic) bond motifs is 1. The summed E-state index contributed by atoms with van der Waals surface area (Å²) >= 11 is 0. The number of aryl methyl sites for hydroxylation is 1. The van der Waals surface area contributed by atoms with Gasteiger partial charge in [0.1, 0.15) is 0 Å². The number of hydrogen-bond donors (Lipinski definition) is 1.